The second kappa shape index (κ2) is 7.26. The van der Waals surface area contributed by atoms with Crippen molar-refractivity contribution >= 4 is 17.7 Å². The van der Waals surface area contributed by atoms with Gasteiger partial charge in [-0.3, -0.25) is 4.79 Å². The predicted octanol–water partition coefficient (Wildman–Crippen LogP) is 4.31. The minimum Gasteiger partial charge on any atom is -0.466 e. The number of piperidine rings is 1. The number of hydrogen-bond acceptors (Lipinski definition) is 6. The highest BCUT2D eigenvalue weighted by atomic mass is 19.3. The Balaban J connectivity index is 1.49. The van der Waals surface area contributed by atoms with Gasteiger partial charge in [0, 0.05) is 44.1 Å². The number of aromatic nitrogens is 2. The van der Waals surface area contributed by atoms with Crippen molar-refractivity contribution in [2.75, 3.05) is 36.0 Å². The Kier molecular flexibility index (Phi) is 4.95. The fraction of sp³-hybridized carbons (Fsp3) is 0.792. The molecule has 4 atom stereocenters. The van der Waals surface area contributed by atoms with Crippen molar-refractivity contribution in [3.8, 4) is 0 Å². The molecule has 3 fully saturated rings. The van der Waals surface area contributed by atoms with Gasteiger partial charge in [-0.1, -0.05) is 13.8 Å². The SMILES string of the molecule is CCOC(=O)CC1[C@]2(CC)CN(c3nc(N4CCC4C)nc4c3CCC4(F)F)C[C@]12CC. The Bertz CT molecular complexity index is 921. The fourth-order valence-electron chi connectivity index (χ4n) is 7.06. The van der Waals surface area contributed by atoms with Crippen molar-refractivity contribution in [3.05, 3.63) is 11.3 Å². The molecular weight excluding hydrogens is 414 g/mol. The number of halogens is 2. The van der Waals surface area contributed by atoms with E-state index in [4.69, 9.17) is 9.72 Å². The van der Waals surface area contributed by atoms with Crippen LogP contribution in [0.2, 0.25) is 0 Å². The summed E-state index contributed by atoms with van der Waals surface area (Å²) in [5.41, 5.74) is 0.569. The van der Waals surface area contributed by atoms with Crippen LogP contribution in [0.1, 0.15) is 71.1 Å². The molecule has 2 aliphatic heterocycles. The molecule has 2 aliphatic carbocycles. The van der Waals surface area contributed by atoms with E-state index in [1.807, 2.05) is 11.8 Å². The molecule has 32 heavy (non-hydrogen) atoms. The summed E-state index contributed by atoms with van der Waals surface area (Å²) < 4.78 is 34.7. The maximum absolute atomic E-state index is 14.7. The van der Waals surface area contributed by atoms with E-state index in [2.05, 4.69) is 30.7 Å². The molecule has 0 spiro atoms. The van der Waals surface area contributed by atoms with Crippen LogP contribution < -0.4 is 9.80 Å². The monoisotopic (exact) mass is 448 g/mol. The standard InChI is InChI=1S/C24H34F2N4O2/c1-5-22-13-29(14-23(22,6-2)17(22)12-18(31)32-7-3)20-16-8-10-24(25,26)19(16)27-21(28-20)30-11-9-15(30)4/h15,17H,5-14H2,1-4H3/t15?,17?,22-,23+. The zero-order valence-electron chi connectivity index (χ0n) is 19.6. The molecule has 2 saturated heterocycles. The van der Waals surface area contributed by atoms with Gasteiger partial charge < -0.3 is 14.5 Å². The third-order valence-corrected chi connectivity index (χ3v) is 9.01. The van der Waals surface area contributed by atoms with Gasteiger partial charge >= 0.3 is 5.97 Å². The number of anilines is 2. The number of fused-ring (bicyclic) bond motifs is 2. The smallest absolute Gasteiger partial charge is 0.306 e. The van der Waals surface area contributed by atoms with Crippen molar-refractivity contribution in [2.45, 2.75) is 78.2 Å². The Morgan fingerprint density at radius 3 is 2.38 bits per heavy atom. The number of nitrogens with zero attached hydrogens (tertiary/aromatic N) is 4. The molecule has 0 aromatic carbocycles. The molecule has 3 heterocycles. The van der Waals surface area contributed by atoms with E-state index in [0.29, 0.717) is 36.8 Å². The van der Waals surface area contributed by atoms with Gasteiger partial charge in [-0.2, -0.15) is 13.8 Å². The van der Waals surface area contributed by atoms with Crippen molar-refractivity contribution in [1.29, 1.82) is 0 Å². The minimum atomic E-state index is -2.89. The summed E-state index contributed by atoms with van der Waals surface area (Å²) in [6, 6.07) is 0.279. The molecule has 1 saturated carbocycles. The van der Waals surface area contributed by atoms with Gasteiger partial charge in [0.15, 0.2) is 0 Å². The summed E-state index contributed by atoms with van der Waals surface area (Å²) in [4.78, 5) is 25.8. The summed E-state index contributed by atoms with van der Waals surface area (Å²) in [6.45, 7) is 11.0. The highest BCUT2D eigenvalue weighted by Crippen LogP contribution is 2.77. The van der Waals surface area contributed by atoms with Crippen LogP contribution in [0.25, 0.3) is 0 Å². The Labute approximate surface area is 188 Å². The second-order valence-corrected chi connectivity index (χ2v) is 10.1. The molecule has 8 heteroatoms. The number of esters is 1. The summed E-state index contributed by atoms with van der Waals surface area (Å²) in [7, 11) is 0. The van der Waals surface area contributed by atoms with Crippen LogP contribution in [0.5, 0.6) is 0 Å². The van der Waals surface area contributed by atoms with E-state index < -0.39 is 5.92 Å². The molecule has 6 nitrogen and oxygen atoms in total. The first-order valence-corrected chi connectivity index (χ1v) is 12.2. The third kappa shape index (κ3) is 2.83. The minimum absolute atomic E-state index is 0.0116. The van der Waals surface area contributed by atoms with Gasteiger partial charge in [0.1, 0.15) is 11.5 Å². The fourth-order valence-corrected chi connectivity index (χ4v) is 7.06. The number of carbonyl (C=O) groups is 1. The molecule has 0 bridgehead atoms. The maximum atomic E-state index is 14.7. The van der Waals surface area contributed by atoms with E-state index in [0.717, 1.165) is 38.9 Å². The largest absolute Gasteiger partial charge is 0.466 e. The zero-order valence-corrected chi connectivity index (χ0v) is 19.6. The summed E-state index contributed by atoms with van der Waals surface area (Å²) in [6.07, 6.45) is 3.51. The lowest BCUT2D eigenvalue weighted by molar-refractivity contribution is -0.143. The Morgan fingerprint density at radius 1 is 1.16 bits per heavy atom. The predicted molar refractivity (Wildman–Crippen MR) is 118 cm³/mol. The molecule has 5 rings (SSSR count). The van der Waals surface area contributed by atoms with E-state index in [9.17, 15) is 13.6 Å². The first-order chi connectivity index (χ1) is 15.2. The lowest BCUT2D eigenvalue weighted by Crippen LogP contribution is -2.47. The lowest BCUT2D eigenvalue weighted by Gasteiger charge is -2.39. The maximum Gasteiger partial charge on any atom is 0.306 e. The van der Waals surface area contributed by atoms with Crippen LogP contribution in [0.3, 0.4) is 0 Å². The van der Waals surface area contributed by atoms with Crippen LogP contribution >= 0.6 is 0 Å². The Morgan fingerprint density at radius 2 is 1.84 bits per heavy atom. The number of alkyl halides is 2. The zero-order chi connectivity index (χ0) is 22.9. The van der Waals surface area contributed by atoms with Gasteiger partial charge in [-0.05, 0) is 56.3 Å². The van der Waals surface area contributed by atoms with Crippen molar-refractivity contribution in [1.82, 2.24) is 9.97 Å². The van der Waals surface area contributed by atoms with E-state index in [-0.39, 0.29) is 40.9 Å². The average Bonchev–Trinajstić information content (AvgIpc) is 3.00. The molecular formula is C24H34F2N4O2. The van der Waals surface area contributed by atoms with Crippen molar-refractivity contribution < 1.29 is 18.3 Å². The highest BCUT2D eigenvalue weighted by Gasteiger charge is 2.78. The normalized spacial score (nSPS) is 34.2. The van der Waals surface area contributed by atoms with Gasteiger partial charge in [-0.15, -0.1) is 0 Å². The summed E-state index contributed by atoms with van der Waals surface area (Å²) in [5.74, 6) is -1.60. The van der Waals surface area contributed by atoms with Gasteiger partial charge in [0.2, 0.25) is 5.95 Å². The molecule has 0 radical (unpaired) electrons. The quantitative estimate of drug-likeness (QED) is 0.580. The van der Waals surface area contributed by atoms with Crippen molar-refractivity contribution in [3.63, 3.8) is 0 Å². The van der Waals surface area contributed by atoms with Crippen LogP contribution in [0.15, 0.2) is 0 Å². The first kappa shape index (κ1) is 21.8. The van der Waals surface area contributed by atoms with Gasteiger partial charge in [-0.25, -0.2) is 4.98 Å². The number of carbonyl (C=O) groups excluding carboxylic acids is 1. The summed E-state index contributed by atoms with van der Waals surface area (Å²) in [5, 5.41) is 0. The van der Waals surface area contributed by atoms with Gasteiger partial charge in [0.05, 0.1) is 6.61 Å². The first-order valence-electron chi connectivity index (χ1n) is 12.2. The summed E-state index contributed by atoms with van der Waals surface area (Å²) >= 11 is 0. The van der Waals surface area contributed by atoms with Crippen LogP contribution in [0, 0.1) is 16.7 Å². The number of rotatable bonds is 7. The van der Waals surface area contributed by atoms with E-state index >= 15 is 0 Å². The second-order valence-electron chi connectivity index (χ2n) is 10.1. The average molecular weight is 449 g/mol. The van der Waals surface area contributed by atoms with Crippen LogP contribution in [-0.2, 0) is 21.9 Å². The van der Waals surface area contributed by atoms with E-state index in [1.54, 1.807) is 0 Å². The van der Waals surface area contributed by atoms with E-state index in [1.165, 1.54) is 0 Å². The van der Waals surface area contributed by atoms with Crippen LogP contribution in [0.4, 0.5) is 20.5 Å². The number of hydrogen-bond donors (Lipinski definition) is 0. The molecule has 0 N–H and O–H groups in total. The molecule has 4 aliphatic rings. The molecule has 2 unspecified atom stereocenters. The molecule has 1 aromatic heterocycles. The highest BCUT2D eigenvalue weighted by molar-refractivity contribution is 5.71. The third-order valence-electron chi connectivity index (χ3n) is 9.01. The Hall–Kier alpha value is -1.99. The van der Waals surface area contributed by atoms with Crippen LogP contribution in [-0.4, -0.2) is 48.2 Å². The molecule has 1 aromatic rings. The lowest BCUT2D eigenvalue weighted by atomic mass is 9.92. The number of ether oxygens (including phenoxy) is 1. The molecule has 0 amide bonds. The molecule has 176 valence electrons. The topological polar surface area (TPSA) is 58.6 Å². The van der Waals surface area contributed by atoms with Crippen molar-refractivity contribution in [2.24, 2.45) is 16.7 Å². The van der Waals surface area contributed by atoms with Gasteiger partial charge in [0.25, 0.3) is 5.92 Å².